The summed E-state index contributed by atoms with van der Waals surface area (Å²) in [4.78, 5) is 38.5. The van der Waals surface area contributed by atoms with Crippen molar-refractivity contribution >= 4 is 17.9 Å². The lowest BCUT2D eigenvalue weighted by Gasteiger charge is -2.18. The van der Waals surface area contributed by atoms with Gasteiger partial charge < -0.3 is 14.2 Å². The molecule has 0 bridgehead atoms. The summed E-state index contributed by atoms with van der Waals surface area (Å²) >= 11 is 0. The van der Waals surface area contributed by atoms with Crippen LogP contribution in [0.15, 0.2) is 0 Å². The molecule has 482 valence electrons. The molecule has 6 heteroatoms. The van der Waals surface area contributed by atoms with Crippen LogP contribution in [0, 0.1) is 0 Å². The van der Waals surface area contributed by atoms with E-state index in [4.69, 9.17) is 14.2 Å². The van der Waals surface area contributed by atoms with Crippen molar-refractivity contribution in [2.24, 2.45) is 0 Å². The van der Waals surface area contributed by atoms with Crippen molar-refractivity contribution in [3.63, 3.8) is 0 Å². The summed E-state index contributed by atoms with van der Waals surface area (Å²) in [6.07, 6.45) is 84.4. The third kappa shape index (κ3) is 69.1. The zero-order valence-corrected chi connectivity index (χ0v) is 55.6. The van der Waals surface area contributed by atoms with Crippen molar-refractivity contribution in [1.82, 2.24) is 0 Å². The van der Waals surface area contributed by atoms with Crippen LogP contribution >= 0.6 is 0 Å². The Kier molecular flexibility index (Phi) is 69.5. The molecule has 0 saturated heterocycles. The summed E-state index contributed by atoms with van der Waals surface area (Å²) in [6.45, 7) is 6.75. The molecule has 0 heterocycles. The molecule has 0 aromatic heterocycles. The smallest absolute Gasteiger partial charge is 0.306 e. The van der Waals surface area contributed by atoms with Crippen LogP contribution in [0.1, 0.15) is 445 Å². The summed E-state index contributed by atoms with van der Waals surface area (Å²) in [5.41, 5.74) is 0. The van der Waals surface area contributed by atoms with Crippen LogP contribution < -0.4 is 0 Å². The molecule has 0 amide bonds. The topological polar surface area (TPSA) is 78.9 Å². The number of unbranched alkanes of at least 4 members (excludes halogenated alkanes) is 60. The predicted molar refractivity (Wildman–Crippen MR) is 354 cm³/mol. The number of rotatable bonds is 71. The van der Waals surface area contributed by atoms with Gasteiger partial charge in [0.2, 0.25) is 0 Å². The molecular weight excluding hydrogens is 997 g/mol. The first-order chi connectivity index (χ1) is 40.0. The van der Waals surface area contributed by atoms with Gasteiger partial charge in [-0.15, -0.1) is 0 Å². The summed E-state index contributed by atoms with van der Waals surface area (Å²) < 4.78 is 17.0. The van der Waals surface area contributed by atoms with E-state index < -0.39 is 6.10 Å². The maximum Gasteiger partial charge on any atom is 0.306 e. The molecule has 0 radical (unpaired) electrons. The minimum absolute atomic E-state index is 0.0599. The van der Waals surface area contributed by atoms with Gasteiger partial charge in [-0.2, -0.15) is 0 Å². The monoisotopic (exact) mass is 1140 g/mol. The molecule has 0 fully saturated rings. The van der Waals surface area contributed by atoms with E-state index in [-0.39, 0.29) is 31.1 Å². The molecule has 1 unspecified atom stereocenters. The molecular formula is C75H146O6. The lowest BCUT2D eigenvalue weighted by Crippen LogP contribution is -2.30. The average molecular weight is 1140 g/mol. The highest BCUT2D eigenvalue weighted by Gasteiger charge is 2.20. The van der Waals surface area contributed by atoms with Gasteiger partial charge in [-0.25, -0.2) is 0 Å². The Bertz CT molecular complexity index is 1220. The van der Waals surface area contributed by atoms with Crippen LogP contribution in [0.4, 0.5) is 0 Å². The van der Waals surface area contributed by atoms with E-state index in [9.17, 15) is 14.4 Å². The Morgan fingerprint density at radius 2 is 0.333 bits per heavy atom. The van der Waals surface area contributed by atoms with Gasteiger partial charge in [0.25, 0.3) is 0 Å². The highest BCUT2D eigenvalue weighted by Crippen LogP contribution is 2.20. The van der Waals surface area contributed by atoms with Gasteiger partial charge in [-0.3, -0.25) is 14.4 Å². The number of hydrogen-bond donors (Lipinski definition) is 0. The minimum atomic E-state index is -0.764. The first-order valence-electron chi connectivity index (χ1n) is 37.5. The van der Waals surface area contributed by atoms with Gasteiger partial charge in [0.1, 0.15) is 13.2 Å². The van der Waals surface area contributed by atoms with E-state index in [0.29, 0.717) is 19.3 Å². The van der Waals surface area contributed by atoms with E-state index in [1.165, 1.54) is 347 Å². The van der Waals surface area contributed by atoms with Gasteiger partial charge in [0, 0.05) is 19.3 Å². The lowest BCUT2D eigenvalue weighted by atomic mass is 10.0. The maximum atomic E-state index is 13.0. The van der Waals surface area contributed by atoms with Gasteiger partial charge in [0.05, 0.1) is 0 Å². The normalized spacial score (nSPS) is 11.9. The first kappa shape index (κ1) is 79.4. The highest BCUT2D eigenvalue weighted by atomic mass is 16.6. The molecule has 0 N–H and O–H groups in total. The lowest BCUT2D eigenvalue weighted by molar-refractivity contribution is -0.167. The second-order valence-electron chi connectivity index (χ2n) is 25.9. The van der Waals surface area contributed by atoms with Crippen LogP contribution in [-0.2, 0) is 28.6 Å². The molecule has 0 aliphatic heterocycles. The Morgan fingerprint density at radius 3 is 0.494 bits per heavy atom. The van der Waals surface area contributed by atoms with Crippen LogP contribution in [0.3, 0.4) is 0 Å². The summed E-state index contributed by atoms with van der Waals surface area (Å²) in [7, 11) is 0. The molecule has 81 heavy (non-hydrogen) atoms. The Labute approximate surface area is 508 Å². The van der Waals surface area contributed by atoms with Crippen molar-refractivity contribution in [2.45, 2.75) is 451 Å². The van der Waals surface area contributed by atoms with E-state index in [2.05, 4.69) is 20.8 Å². The number of esters is 3. The van der Waals surface area contributed by atoms with E-state index in [1.807, 2.05) is 0 Å². The molecule has 1 atom stereocenters. The molecule has 0 aromatic carbocycles. The molecule has 0 aliphatic carbocycles. The fraction of sp³-hybridized carbons (Fsp3) is 0.960. The summed E-state index contributed by atoms with van der Waals surface area (Å²) in [6, 6.07) is 0. The van der Waals surface area contributed by atoms with Crippen molar-refractivity contribution in [3.05, 3.63) is 0 Å². The Morgan fingerprint density at radius 1 is 0.198 bits per heavy atom. The number of carbonyl (C=O) groups is 3. The number of hydrogen-bond acceptors (Lipinski definition) is 6. The largest absolute Gasteiger partial charge is 0.462 e. The summed E-state index contributed by atoms with van der Waals surface area (Å²) in [5.74, 6) is -0.816. The van der Waals surface area contributed by atoms with Crippen molar-refractivity contribution in [2.75, 3.05) is 13.2 Å². The quantitative estimate of drug-likeness (QED) is 0.0343. The Hall–Kier alpha value is -1.59. The second kappa shape index (κ2) is 70.9. The van der Waals surface area contributed by atoms with Crippen LogP contribution in [0.5, 0.6) is 0 Å². The molecule has 0 rings (SSSR count). The SMILES string of the molecule is CCCCCCCCCCCCCCCCCCCCCCCCCCCCCC(=O)OCC(COC(=O)CCCCCCCCCCCCCCCC)OC(=O)CCCCCCCCCCCCCCCCCCCCCCCC. The molecule has 0 aromatic rings. The van der Waals surface area contributed by atoms with E-state index in [0.717, 1.165) is 57.8 Å². The minimum Gasteiger partial charge on any atom is -0.462 e. The zero-order valence-electron chi connectivity index (χ0n) is 55.6. The van der Waals surface area contributed by atoms with Gasteiger partial charge in [0.15, 0.2) is 6.10 Å². The molecule has 0 aliphatic rings. The van der Waals surface area contributed by atoms with Crippen LogP contribution in [0.2, 0.25) is 0 Å². The number of carbonyl (C=O) groups excluding carboxylic acids is 3. The van der Waals surface area contributed by atoms with Gasteiger partial charge in [-0.05, 0) is 19.3 Å². The maximum absolute atomic E-state index is 13.0. The fourth-order valence-electron chi connectivity index (χ4n) is 12.0. The number of ether oxygens (including phenoxy) is 3. The molecule has 6 nitrogen and oxygen atoms in total. The van der Waals surface area contributed by atoms with Gasteiger partial charge >= 0.3 is 17.9 Å². The highest BCUT2D eigenvalue weighted by molar-refractivity contribution is 5.71. The fourth-order valence-corrected chi connectivity index (χ4v) is 12.0. The Balaban J connectivity index is 4.17. The van der Waals surface area contributed by atoms with Crippen LogP contribution in [-0.4, -0.2) is 37.2 Å². The second-order valence-corrected chi connectivity index (χ2v) is 25.9. The zero-order chi connectivity index (χ0) is 58.5. The van der Waals surface area contributed by atoms with Crippen molar-refractivity contribution < 1.29 is 28.6 Å². The average Bonchev–Trinajstić information content (AvgIpc) is 3.47. The predicted octanol–water partition coefficient (Wildman–Crippen LogP) is 25.8. The molecule has 0 saturated carbocycles. The van der Waals surface area contributed by atoms with E-state index >= 15 is 0 Å². The first-order valence-corrected chi connectivity index (χ1v) is 37.5. The van der Waals surface area contributed by atoms with Crippen molar-refractivity contribution in [3.8, 4) is 0 Å². The molecule has 0 spiro atoms. The van der Waals surface area contributed by atoms with Gasteiger partial charge in [-0.1, -0.05) is 406 Å². The summed E-state index contributed by atoms with van der Waals surface area (Å²) in [5, 5.41) is 0. The standard InChI is InChI=1S/C75H146O6/c1-4-7-10-13-16-19-22-25-28-30-32-34-36-37-38-39-40-42-43-45-47-50-53-56-59-62-65-68-74(77)80-71-72(70-79-73(76)67-64-61-58-55-52-49-27-24-21-18-15-12-9-6-3)81-75(78)69-66-63-60-57-54-51-48-46-44-41-35-33-31-29-26-23-20-17-14-11-8-5-2/h72H,4-71H2,1-3H3. The van der Waals surface area contributed by atoms with Crippen molar-refractivity contribution in [1.29, 1.82) is 0 Å². The third-order valence-electron chi connectivity index (χ3n) is 17.6. The third-order valence-corrected chi connectivity index (χ3v) is 17.6. The van der Waals surface area contributed by atoms with E-state index in [1.54, 1.807) is 0 Å². The van der Waals surface area contributed by atoms with Crippen LogP contribution in [0.25, 0.3) is 0 Å².